The summed E-state index contributed by atoms with van der Waals surface area (Å²) in [6.07, 6.45) is 1.62. The van der Waals surface area contributed by atoms with Crippen LogP contribution in [0.3, 0.4) is 0 Å². The number of carbonyl (C=O) groups is 1. The number of rotatable bonds is 4. The maximum absolute atomic E-state index is 12.6. The number of amides is 1. The van der Waals surface area contributed by atoms with Crippen molar-refractivity contribution < 1.29 is 4.79 Å². The van der Waals surface area contributed by atoms with E-state index >= 15 is 0 Å². The summed E-state index contributed by atoms with van der Waals surface area (Å²) in [7, 11) is 0. The first-order valence-corrected chi connectivity index (χ1v) is 9.51. The lowest BCUT2D eigenvalue weighted by molar-refractivity contribution is 0.102. The van der Waals surface area contributed by atoms with Crippen LogP contribution in [-0.4, -0.2) is 10.9 Å². The minimum atomic E-state index is -0.210. The van der Waals surface area contributed by atoms with Gasteiger partial charge in [0.05, 0.1) is 5.69 Å². The largest absolute Gasteiger partial charge is 0.320 e. The van der Waals surface area contributed by atoms with E-state index in [1.54, 1.807) is 30.1 Å². The molecule has 3 nitrogen and oxygen atoms in total. The number of carbonyl (C=O) groups excluding carboxylic acids is 1. The van der Waals surface area contributed by atoms with Gasteiger partial charge in [0.15, 0.2) is 0 Å². The Morgan fingerprint density at radius 2 is 1.74 bits per heavy atom. The molecule has 0 radical (unpaired) electrons. The molecule has 132 valence electrons. The summed E-state index contributed by atoms with van der Waals surface area (Å²) in [4.78, 5) is 19.0. The summed E-state index contributed by atoms with van der Waals surface area (Å²) < 4.78 is 0. The normalized spacial score (nSPS) is 10.7. The van der Waals surface area contributed by atoms with Crippen molar-refractivity contribution in [2.24, 2.45) is 0 Å². The quantitative estimate of drug-likeness (QED) is 0.483. The number of nitrogens with one attached hydrogen (secondary N) is 1. The van der Waals surface area contributed by atoms with Crippen molar-refractivity contribution >= 4 is 34.1 Å². The highest BCUT2D eigenvalue weighted by Crippen LogP contribution is 2.37. The van der Waals surface area contributed by atoms with Crippen LogP contribution in [0.25, 0.3) is 10.8 Å². The van der Waals surface area contributed by atoms with Gasteiger partial charge < -0.3 is 5.32 Å². The average molecular weight is 370 g/mol. The number of fused-ring (bicyclic) bond motifs is 1. The van der Waals surface area contributed by atoms with Crippen LogP contribution in [0.1, 0.15) is 16.1 Å². The molecule has 0 aliphatic carbocycles. The Kier molecular flexibility index (Phi) is 4.90. The highest BCUT2D eigenvalue weighted by molar-refractivity contribution is 7.99. The van der Waals surface area contributed by atoms with Crippen LogP contribution in [0.15, 0.2) is 94.9 Å². The minimum Gasteiger partial charge on any atom is -0.320 e. The molecule has 1 aromatic heterocycles. The van der Waals surface area contributed by atoms with Gasteiger partial charge in [-0.2, -0.15) is 0 Å². The van der Waals surface area contributed by atoms with E-state index < -0.39 is 0 Å². The Balaban J connectivity index is 1.74. The number of aromatic nitrogens is 1. The van der Waals surface area contributed by atoms with Crippen LogP contribution in [-0.2, 0) is 0 Å². The van der Waals surface area contributed by atoms with Gasteiger partial charge in [-0.3, -0.25) is 9.78 Å². The summed E-state index contributed by atoms with van der Waals surface area (Å²) in [6.45, 7) is 2.09. The summed E-state index contributed by atoms with van der Waals surface area (Å²) >= 11 is 1.70. The Bertz CT molecular complexity index is 1100. The molecular formula is C23H18N2OS. The zero-order valence-electron chi connectivity index (χ0n) is 14.8. The molecule has 3 aromatic carbocycles. The second-order valence-electron chi connectivity index (χ2n) is 6.25. The lowest BCUT2D eigenvalue weighted by Crippen LogP contribution is -2.13. The second-order valence-corrected chi connectivity index (χ2v) is 7.36. The predicted molar refractivity (Wildman–Crippen MR) is 111 cm³/mol. The number of aryl methyl sites for hydroxylation is 1. The Hall–Kier alpha value is -3.11. The molecule has 1 N–H and O–H groups in total. The third-order valence-corrected chi connectivity index (χ3v) is 5.28. The van der Waals surface area contributed by atoms with Crippen LogP contribution < -0.4 is 5.32 Å². The molecule has 0 saturated carbocycles. The number of nitrogens with zero attached hydrogens (tertiary/aromatic N) is 1. The summed E-state index contributed by atoms with van der Waals surface area (Å²) in [5.41, 5.74) is 2.42. The molecule has 4 heteroatoms. The molecule has 0 atom stereocenters. The molecule has 0 fully saturated rings. The second kappa shape index (κ2) is 7.64. The highest BCUT2D eigenvalue weighted by Gasteiger charge is 2.12. The maximum Gasteiger partial charge on any atom is 0.274 e. The molecule has 1 heterocycles. The number of hydrogen-bond acceptors (Lipinski definition) is 3. The standard InChI is InChI=1S/C23H18N2OS/c1-16-7-4-10-18(15-16)27-21-13-6-9-17-8-5-12-19(22(17)21)25-23(26)20-11-2-3-14-24-20/h2-15H,1H3,(H,25,26). The van der Waals surface area contributed by atoms with Crippen LogP contribution in [0.4, 0.5) is 5.69 Å². The SMILES string of the molecule is Cc1cccc(Sc2cccc3cccc(NC(=O)c4ccccn4)c23)c1. The first-order chi connectivity index (χ1) is 13.2. The van der Waals surface area contributed by atoms with Gasteiger partial charge in [0.25, 0.3) is 5.91 Å². The number of benzene rings is 3. The van der Waals surface area contributed by atoms with Crippen LogP contribution in [0.5, 0.6) is 0 Å². The lowest BCUT2D eigenvalue weighted by Gasteiger charge is -2.13. The molecule has 0 spiro atoms. The van der Waals surface area contributed by atoms with E-state index in [1.807, 2.05) is 24.3 Å². The molecule has 0 unspecified atom stereocenters. The van der Waals surface area contributed by atoms with Crippen LogP contribution >= 0.6 is 11.8 Å². The monoisotopic (exact) mass is 370 g/mol. The zero-order valence-corrected chi connectivity index (χ0v) is 15.7. The van der Waals surface area contributed by atoms with Crippen LogP contribution in [0.2, 0.25) is 0 Å². The zero-order chi connectivity index (χ0) is 18.6. The number of hydrogen-bond donors (Lipinski definition) is 1. The smallest absolute Gasteiger partial charge is 0.274 e. The van der Waals surface area contributed by atoms with Crippen molar-refractivity contribution in [3.05, 3.63) is 96.3 Å². The first kappa shape index (κ1) is 17.3. The van der Waals surface area contributed by atoms with Crippen molar-refractivity contribution in [1.82, 2.24) is 4.98 Å². The van der Waals surface area contributed by atoms with E-state index in [4.69, 9.17) is 0 Å². The number of anilines is 1. The molecule has 1 amide bonds. The summed E-state index contributed by atoms with van der Waals surface area (Å²) in [6, 6.07) is 25.9. The van der Waals surface area contributed by atoms with Crippen molar-refractivity contribution in [3.8, 4) is 0 Å². The topological polar surface area (TPSA) is 42.0 Å². The van der Waals surface area contributed by atoms with Gasteiger partial charge in [-0.05, 0) is 48.7 Å². The molecule has 0 saturated heterocycles. The summed E-state index contributed by atoms with van der Waals surface area (Å²) in [5.74, 6) is -0.210. The van der Waals surface area contributed by atoms with Gasteiger partial charge >= 0.3 is 0 Å². The Morgan fingerprint density at radius 3 is 2.52 bits per heavy atom. The maximum atomic E-state index is 12.6. The van der Waals surface area contributed by atoms with Gasteiger partial charge in [-0.25, -0.2) is 0 Å². The fraction of sp³-hybridized carbons (Fsp3) is 0.0435. The van der Waals surface area contributed by atoms with Gasteiger partial charge in [0.2, 0.25) is 0 Å². The average Bonchev–Trinajstić information content (AvgIpc) is 2.69. The van der Waals surface area contributed by atoms with E-state index in [9.17, 15) is 4.79 Å². The molecule has 0 aliphatic rings. The fourth-order valence-electron chi connectivity index (χ4n) is 2.99. The third-order valence-electron chi connectivity index (χ3n) is 4.23. The van der Waals surface area contributed by atoms with E-state index in [0.717, 1.165) is 21.4 Å². The van der Waals surface area contributed by atoms with E-state index in [0.29, 0.717) is 5.69 Å². The Morgan fingerprint density at radius 1 is 0.926 bits per heavy atom. The molecular weight excluding hydrogens is 352 g/mol. The summed E-state index contributed by atoms with van der Waals surface area (Å²) in [5, 5.41) is 5.15. The highest BCUT2D eigenvalue weighted by atomic mass is 32.2. The van der Waals surface area contributed by atoms with Crippen molar-refractivity contribution in [3.63, 3.8) is 0 Å². The fourth-order valence-corrected chi connectivity index (χ4v) is 4.11. The van der Waals surface area contributed by atoms with E-state index in [1.165, 1.54) is 10.5 Å². The molecule has 4 rings (SSSR count). The van der Waals surface area contributed by atoms with Crippen molar-refractivity contribution in [1.29, 1.82) is 0 Å². The molecule has 4 aromatic rings. The van der Waals surface area contributed by atoms with Gasteiger partial charge in [0.1, 0.15) is 5.69 Å². The lowest BCUT2D eigenvalue weighted by atomic mass is 10.1. The van der Waals surface area contributed by atoms with Crippen LogP contribution in [0, 0.1) is 6.92 Å². The minimum absolute atomic E-state index is 0.210. The third kappa shape index (κ3) is 3.86. The van der Waals surface area contributed by atoms with E-state index in [-0.39, 0.29) is 5.91 Å². The predicted octanol–water partition coefficient (Wildman–Crippen LogP) is 5.95. The molecule has 0 aliphatic heterocycles. The van der Waals surface area contributed by atoms with Crippen molar-refractivity contribution in [2.75, 3.05) is 5.32 Å². The first-order valence-electron chi connectivity index (χ1n) is 8.69. The molecule has 27 heavy (non-hydrogen) atoms. The Labute approximate surface area is 162 Å². The molecule has 0 bridgehead atoms. The van der Waals surface area contributed by atoms with Crippen molar-refractivity contribution in [2.45, 2.75) is 16.7 Å². The van der Waals surface area contributed by atoms with E-state index in [2.05, 4.69) is 59.7 Å². The van der Waals surface area contributed by atoms with Gasteiger partial charge in [-0.1, -0.05) is 59.8 Å². The van der Waals surface area contributed by atoms with Gasteiger partial charge in [-0.15, -0.1) is 0 Å². The van der Waals surface area contributed by atoms with Gasteiger partial charge in [0, 0.05) is 21.4 Å². The number of pyridine rings is 1.